The smallest absolute Gasteiger partial charge is 0.265 e. The third-order valence-corrected chi connectivity index (χ3v) is 1.67. The molecule has 0 spiro atoms. The zero-order valence-corrected chi connectivity index (χ0v) is 6.98. The molecule has 7 heteroatoms. The van der Waals surface area contributed by atoms with Gasteiger partial charge in [-0.25, -0.2) is 8.78 Å². The van der Waals surface area contributed by atoms with Gasteiger partial charge < -0.3 is 0 Å². The summed E-state index contributed by atoms with van der Waals surface area (Å²) in [6, 6.07) is 2.36. The van der Waals surface area contributed by atoms with E-state index in [4.69, 9.17) is 0 Å². The number of hydrogen-bond acceptors (Lipinski definition) is 3. The van der Waals surface area contributed by atoms with Gasteiger partial charge in [-0.3, -0.25) is 9.78 Å². The van der Waals surface area contributed by atoms with E-state index in [2.05, 4.69) is 26.6 Å². The van der Waals surface area contributed by atoms with Crippen molar-refractivity contribution in [1.29, 1.82) is 0 Å². The van der Waals surface area contributed by atoms with Crippen LogP contribution in [-0.4, -0.2) is 25.2 Å². The summed E-state index contributed by atoms with van der Waals surface area (Å²) in [5.74, 6) is 0. The highest BCUT2D eigenvalue weighted by Crippen LogP contribution is 2.17. The minimum atomic E-state index is -2.58. The normalized spacial score (nSPS) is 11.1. The zero-order valence-electron chi connectivity index (χ0n) is 6.98. The second-order valence-corrected chi connectivity index (χ2v) is 2.60. The first-order valence-corrected chi connectivity index (χ1v) is 3.84. The lowest BCUT2D eigenvalue weighted by Gasteiger charge is -2.02. The fraction of sp³-hybridized carbons (Fsp3) is 0.286. The van der Waals surface area contributed by atoms with Crippen LogP contribution in [0.25, 0.3) is 0 Å². The lowest BCUT2D eigenvalue weighted by atomic mass is 10.4. The first-order valence-electron chi connectivity index (χ1n) is 3.84. The lowest BCUT2D eigenvalue weighted by Crippen LogP contribution is -2.06. The van der Waals surface area contributed by atoms with Crippen LogP contribution in [0.2, 0.25) is 0 Å². The molecule has 73 valence electrons. The fourth-order valence-electron chi connectivity index (χ4n) is 1.06. The van der Waals surface area contributed by atoms with E-state index in [1.165, 1.54) is 12.4 Å². The predicted octanol–water partition coefficient (Wildman–Crippen LogP) is 0.787. The Morgan fingerprint density at radius 3 is 3.07 bits per heavy atom. The van der Waals surface area contributed by atoms with Gasteiger partial charge in [-0.2, -0.15) is 5.10 Å². The Morgan fingerprint density at radius 2 is 2.43 bits per heavy atom. The van der Waals surface area contributed by atoms with Crippen LogP contribution in [0.15, 0.2) is 12.4 Å². The van der Waals surface area contributed by atoms with Gasteiger partial charge in [-0.1, -0.05) is 5.21 Å². The van der Waals surface area contributed by atoms with Crippen LogP contribution >= 0.6 is 0 Å². The molecule has 2 heterocycles. The van der Waals surface area contributed by atoms with E-state index >= 15 is 0 Å². The number of aromatic amines is 1. The molecule has 0 amide bonds. The van der Waals surface area contributed by atoms with Gasteiger partial charge in [0.15, 0.2) is 0 Å². The number of aromatic nitrogens is 5. The minimum absolute atomic E-state index is 0.166. The van der Waals surface area contributed by atoms with Gasteiger partial charge in [0.2, 0.25) is 0 Å². The molecule has 0 unspecified atom stereocenters. The van der Waals surface area contributed by atoms with Crippen molar-refractivity contribution in [3.05, 3.63) is 29.8 Å². The Kier molecular flexibility index (Phi) is 2.21. The summed E-state index contributed by atoms with van der Waals surface area (Å²) in [7, 11) is 0. The van der Waals surface area contributed by atoms with Crippen molar-refractivity contribution in [2.75, 3.05) is 0 Å². The largest absolute Gasteiger partial charge is 0.280 e. The maximum absolute atomic E-state index is 12.4. The second-order valence-electron chi connectivity index (χ2n) is 2.60. The van der Waals surface area contributed by atoms with E-state index in [0.29, 0.717) is 5.69 Å². The molecule has 0 aliphatic rings. The first-order chi connectivity index (χ1) is 6.77. The van der Waals surface area contributed by atoms with Crippen molar-refractivity contribution >= 4 is 0 Å². The molecule has 0 aliphatic carbocycles. The van der Waals surface area contributed by atoms with E-state index in [9.17, 15) is 8.78 Å². The predicted molar refractivity (Wildman–Crippen MR) is 41.5 cm³/mol. The molecule has 2 rings (SSSR count). The highest BCUT2D eigenvalue weighted by molar-refractivity contribution is 5.03. The molecule has 14 heavy (non-hydrogen) atoms. The number of nitrogens with one attached hydrogen (secondary N) is 1. The average molecular weight is 198 g/mol. The molecule has 5 nitrogen and oxygen atoms in total. The molecule has 0 saturated carbocycles. The lowest BCUT2D eigenvalue weighted by molar-refractivity contribution is 0.139. The molecule has 0 bridgehead atoms. The highest BCUT2D eigenvalue weighted by Gasteiger charge is 2.14. The Morgan fingerprint density at radius 1 is 1.57 bits per heavy atom. The summed E-state index contributed by atoms with van der Waals surface area (Å²) in [6.07, 6.45) is 0.155. The number of alkyl halides is 2. The molecule has 0 fully saturated rings. The number of halogens is 2. The molecule has 1 radical (unpaired) electrons. The average Bonchev–Trinajstić information content (AvgIpc) is 2.75. The monoisotopic (exact) mass is 198 g/mol. The van der Waals surface area contributed by atoms with Crippen LogP contribution in [0.5, 0.6) is 0 Å². The summed E-state index contributed by atoms with van der Waals surface area (Å²) < 4.78 is 25.8. The third kappa shape index (κ3) is 1.61. The van der Waals surface area contributed by atoms with Crippen LogP contribution in [0.4, 0.5) is 8.78 Å². The highest BCUT2D eigenvalue weighted by atomic mass is 19.3. The van der Waals surface area contributed by atoms with E-state index in [0.717, 1.165) is 4.68 Å². The number of rotatable bonds is 3. The quantitative estimate of drug-likeness (QED) is 0.793. The third-order valence-electron chi connectivity index (χ3n) is 1.67. The fourth-order valence-corrected chi connectivity index (χ4v) is 1.06. The topological polar surface area (TPSA) is 59.4 Å². The van der Waals surface area contributed by atoms with Gasteiger partial charge in [-0.15, -0.1) is 5.10 Å². The molecule has 0 atom stereocenters. The Labute approximate surface area is 77.7 Å². The summed E-state index contributed by atoms with van der Waals surface area (Å²) in [6.45, 7) is 0.166. The standard InChI is InChI=1S/C7H6F2N5/c8-7(9)6-1-2-11-14(6)4-5-3-10-13-12-5/h2-3,7H,4H2,(H,10,12,13). The van der Waals surface area contributed by atoms with Crippen molar-refractivity contribution in [1.82, 2.24) is 25.2 Å². The van der Waals surface area contributed by atoms with Crippen LogP contribution in [0.1, 0.15) is 17.8 Å². The molecule has 1 N–H and O–H groups in total. The van der Waals surface area contributed by atoms with Crippen molar-refractivity contribution in [2.45, 2.75) is 13.0 Å². The van der Waals surface area contributed by atoms with Crippen LogP contribution in [-0.2, 0) is 6.54 Å². The zero-order chi connectivity index (χ0) is 9.97. The number of hydrogen-bond donors (Lipinski definition) is 1. The van der Waals surface area contributed by atoms with Gasteiger partial charge in [-0.05, 0) is 0 Å². The maximum Gasteiger partial charge on any atom is 0.280 e. The summed E-state index contributed by atoms with van der Waals surface area (Å²) in [5.41, 5.74) is 0.303. The van der Waals surface area contributed by atoms with Crippen molar-refractivity contribution < 1.29 is 8.78 Å². The number of H-pyrrole nitrogens is 1. The first kappa shape index (κ1) is 8.79. The van der Waals surface area contributed by atoms with E-state index in [1.54, 1.807) is 0 Å². The minimum Gasteiger partial charge on any atom is -0.265 e. The van der Waals surface area contributed by atoms with Crippen molar-refractivity contribution in [3.8, 4) is 0 Å². The SMILES string of the molecule is FC(F)c1[c]cnn1Cc1c[nH]nn1. The second kappa shape index (κ2) is 3.52. The summed E-state index contributed by atoms with van der Waals surface area (Å²) in [5, 5.41) is 13.3. The molecular formula is C7H6F2N5. The van der Waals surface area contributed by atoms with Crippen LogP contribution < -0.4 is 0 Å². The van der Waals surface area contributed by atoms with Gasteiger partial charge in [0.25, 0.3) is 6.43 Å². The van der Waals surface area contributed by atoms with Crippen LogP contribution in [0, 0.1) is 6.07 Å². The molecule has 0 aromatic carbocycles. The van der Waals surface area contributed by atoms with E-state index in [1.807, 2.05) is 0 Å². The number of nitrogens with zero attached hydrogens (tertiary/aromatic N) is 4. The molecule has 0 aliphatic heterocycles. The van der Waals surface area contributed by atoms with Gasteiger partial charge >= 0.3 is 0 Å². The molecule has 0 saturated heterocycles. The van der Waals surface area contributed by atoms with E-state index in [-0.39, 0.29) is 12.2 Å². The molecule has 2 aromatic heterocycles. The van der Waals surface area contributed by atoms with Crippen LogP contribution in [0.3, 0.4) is 0 Å². The van der Waals surface area contributed by atoms with Gasteiger partial charge in [0.05, 0.1) is 12.7 Å². The van der Waals surface area contributed by atoms with Crippen molar-refractivity contribution in [3.63, 3.8) is 0 Å². The molecular weight excluding hydrogens is 192 g/mol. The Balaban J connectivity index is 2.21. The summed E-state index contributed by atoms with van der Waals surface area (Å²) >= 11 is 0. The Bertz CT molecular complexity index is 394. The summed E-state index contributed by atoms with van der Waals surface area (Å²) in [4.78, 5) is 0. The van der Waals surface area contributed by atoms with Gasteiger partial charge in [0, 0.05) is 12.3 Å². The van der Waals surface area contributed by atoms with Gasteiger partial charge in [0.1, 0.15) is 11.4 Å². The Hall–Kier alpha value is -1.79. The maximum atomic E-state index is 12.4. The van der Waals surface area contributed by atoms with E-state index < -0.39 is 6.43 Å². The van der Waals surface area contributed by atoms with Crippen molar-refractivity contribution in [2.24, 2.45) is 0 Å². The molecule has 2 aromatic rings.